The summed E-state index contributed by atoms with van der Waals surface area (Å²) in [5.41, 5.74) is 0. The van der Waals surface area contributed by atoms with E-state index in [0.717, 1.165) is 0 Å². The van der Waals surface area contributed by atoms with Gasteiger partial charge >= 0.3 is 5.97 Å². The van der Waals surface area contributed by atoms with E-state index in [0.29, 0.717) is 12.4 Å². The zero-order chi connectivity index (χ0) is 8.81. The van der Waals surface area contributed by atoms with Gasteiger partial charge in [-0.05, 0) is 13.0 Å². The van der Waals surface area contributed by atoms with Crippen LogP contribution in [0.1, 0.15) is 12.7 Å². The molecule has 5 heteroatoms. The van der Waals surface area contributed by atoms with Crippen LogP contribution >= 0.6 is 0 Å². The standard InChI is InChI=1S/C7H9N3O2/c1-2-12-7(11)4-3-6-8-5-9-10-6/h3-5H,2H2,1H3,(H,8,9,10). The lowest BCUT2D eigenvalue weighted by Crippen LogP contribution is -1.98. The Balaban J connectivity index is 2.45. The molecular formula is C7H9N3O2. The molecule has 0 aliphatic carbocycles. The zero-order valence-corrected chi connectivity index (χ0v) is 6.65. The minimum Gasteiger partial charge on any atom is -0.463 e. The minimum absolute atomic E-state index is 0.375. The Morgan fingerprint density at radius 1 is 1.83 bits per heavy atom. The van der Waals surface area contributed by atoms with Crippen molar-refractivity contribution in [2.75, 3.05) is 6.61 Å². The Morgan fingerprint density at radius 3 is 3.25 bits per heavy atom. The second kappa shape index (κ2) is 4.27. The van der Waals surface area contributed by atoms with E-state index in [1.807, 2.05) is 0 Å². The Labute approximate surface area is 69.5 Å². The molecule has 0 radical (unpaired) electrons. The summed E-state index contributed by atoms with van der Waals surface area (Å²) in [4.78, 5) is 14.6. The summed E-state index contributed by atoms with van der Waals surface area (Å²) >= 11 is 0. The molecule has 64 valence electrons. The van der Waals surface area contributed by atoms with Gasteiger partial charge in [-0.2, -0.15) is 5.10 Å². The van der Waals surface area contributed by atoms with E-state index in [1.54, 1.807) is 6.92 Å². The van der Waals surface area contributed by atoms with Gasteiger partial charge in [0.05, 0.1) is 6.61 Å². The SMILES string of the molecule is CCOC(=O)C=Cc1ncn[nH]1. The highest BCUT2D eigenvalue weighted by Gasteiger charge is 1.93. The van der Waals surface area contributed by atoms with E-state index >= 15 is 0 Å². The largest absolute Gasteiger partial charge is 0.463 e. The highest BCUT2D eigenvalue weighted by molar-refractivity contribution is 5.86. The smallest absolute Gasteiger partial charge is 0.330 e. The van der Waals surface area contributed by atoms with Crippen LogP contribution in [0, 0.1) is 0 Å². The monoisotopic (exact) mass is 167 g/mol. The van der Waals surface area contributed by atoms with Gasteiger partial charge in [0.2, 0.25) is 0 Å². The number of nitrogens with one attached hydrogen (secondary N) is 1. The van der Waals surface area contributed by atoms with E-state index in [4.69, 9.17) is 0 Å². The van der Waals surface area contributed by atoms with Crippen molar-refractivity contribution in [2.24, 2.45) is 0 Å². The fourth-order valence-electron chi connectivity index (χ4n) is 0.633. The average molecular weight is 167 g/mol. The summed E-state index contributed by atoms with van der Waals surface area (Å²) in [7, 11) is 0. The lowest BCUT2D eigenvalue weighted by Gasteiger charge is -1.92. The van der Waals surface area contributed by atoms with Crippen LogP contribution in [0.5, 0.6) is 0 Å². The lowest BCUT2D eigenvalue weighted by atomic mass is 10.5. The van der Waals surface area contributed by atoms with Crippen molar-refractivity contribution in [1.29, 1.82) is 0 Å². The summed E-state index contributed by atoms with van der Waals surface area (Å²) in [6.45, 7) is 2.12. The summed E-state index contributed by atoms with van der Waals surface area (Å²) in [6.07, 6.45) is 4.17. The van der Waals surface area contributed by atoms with Crippen molar-refractivity contribution in [2.45, 2.75) is 6.92 Å². The quantitative estimate of drug-likeness (QED) is 0.522. The Morgan fingerprint density at radius 2 is 2.67 bits per heavy atom. The average Bonchev–Trinajstić information content (AvgIpc) is 2.53. The second-order valence-electron chi connectivity index (χ2n) is 1.96. The van der Waals surface area contributed by atoms with E-state index < -0.39 is 0 Å². The molecule has 1 aromatic rings. The number of carbonyl (C=O) groups excluding carboxylic acids is 1. The number of ether oxygens (including phenoxy) is 1. The predicted molar refractivity (Wildman–Crippen MR) is 42.0 cm³/mol. The van der Waals surface area contributed by atoms with Crippen LogP contribution in [0.4, 0.5) is 0 Å². The number of aromatic amines is 1. The van der Waals surface area contributed by atoms with E-state index in [9.17, 15) is 4.79 Å². The van der Waals surface area contributed by atoms with Crippen LogP contribution < -0.4 is 0 Å². The molecule has 0 saturated heterocycles. The first kappa shape index (κ1) is 8.45. The maximum Gasteiger partial charge on any atom is 0.330 e. The summed E-state index contributed by atoms with van der Waals surface area (Å²) < 4.78 is 4.65. The fraction of sp³-hybridized carbons (Fsp3) is 0.286. The molecule has 0 atom stereocenters. The lowest BCUT2D eigenvalue weighted by molar-refractivity contribution is -0.137. The van der Waals surface area contributed by atoms with E-state index in [-0.39, 0.29) is 5.97 Å². The van der Waals surface area contributed by atoms with Gasteiger partial charge in [-0.1, -0.05) is 0 Å². The Kier molecular flexibility index (Phi) is 3.01. The third kappa shape index (κ3) is 2.53. The van der Waals surface area contributed by atoms with Gasteiger partial charge in [-0.3, -0.25) is 5.10 Å². The molecule has 1 heterocycles. The molecule has 5 nitrogen and oxygen atoms in total. The molecule has 0 spiro atoms. The first-order chi connectivity index (χ1) is 5.83. The van der Waals surface area contributed by atoms with Crippen molar-refractivity contribution in [3.8, 4) is 0 Å². The number of H-pyrrole nitrogens is 1. The van der Waals surface area contributed by atoms with Gasteiger partial charge in [0.1, 0.15) is 12.2 Å². The molecule has 0 bridgehead atoms. The van der Waals surface area contributed by atoms with E-state index in [2.05, 4.69) is 19.9 Å². The number of esters is 1. The van der Waals surface area contributed by atoms with Crippen LogP contribution in [-0.2, 0) is 9.53 Å². The van der Waals surface area contributed by atoms with Crippen LogP contribution in [-0.4, -0.2) is 27.8 Å². The number of hydrogen-bond donors (Lipinski definition) is 1. The first-order valence-electron chi connectivity index (χ1n) is 3.53. The fourth-order valence-corrected chi connectivity index (χ4v) is 0.633. The van der Waals surface area contributed by atoms with Crippen molar-refractivity contribution in [1.82, 2.24) is 15.2 Å². The van der Waals surface area contributed by atoms with Crippen molar-refractivity contribution >= 4 is 12.0 Å². The molecule has 0 saturated carbocycles. The molecule has 1 rings (SSSR count). The number of nitrogens with zero attached hydrogens (tertiary/aromatic N) is 2. The van der Waals surface area contributed by atoms with Gasteiger partial charge < -0.3 is 4.74 Å². The summed E-state index contributed by atoms with van der Waals surface area (Å²) in [5, 5.41) is 6.19. The van der Waals surface area contributed by atoms with Crippen LogP contribution in [0.2, 0.25) is 0 Å². The molecule has 0 fully saturated rings. The number of hydrogen-bond acceptors (Lipinski definition) is 4. The number of rotatable bonds is 3. The van der Waals surface area contributed by atoms with Gasteiger partial charge in [0.15, 0.2) is 0 Å². The minimum atomic E-state index is -0.381. The van der Waals surface area contributed by atoms with Crippen LogP contribution in [0.25, 0.3) is 6.08 Å². The predicted octanol–water partition coefficient (Wildman–Crippen LogP) is 0.381. The molecule has 0 aliphatic rings. The van der Waals surface area contributed by atoms with Gasteiger partial charge in [0.25, 0.3) is 0 Å². The third-order valence-electron chi connectivity index (χ3n) is 1.10. The number of carbonyl (C=O) groups is 1. The van der Waals surface area contributed by atoms with Crippen LogP contribution in [0.3, 0.4) is 0 Å². The van der Waals surface area contributed by atoms with E-state index in [1.165, 1.54) is 18.5 Å². The van der Waals surface area contributed by atoms with Gasteiger partial charge in [-0.25, -0.2) is 9.78 Å². The van der Waals surface area contributed by atoms with Crippen molar-refractivity contribution < 1.29 is 9.53 Å². The maximum atomic E-state index is 10.8. The normalized spacial score (nSPS) is 10.4. The second-order valence-corrected chi connectivity index (χ2v) is 1.96. The molecular weight excluding hydrogens is 158 g/mol. The van der Waals surface area contributed by atoms with Crippen molar-refractivity contribution in [3.05, 3.63) is 18.2 Å². The molecule has 0 amide bonds. The summed E-state index contributed by atoms with van der Waals surface area (Å²) in [5.74, 6) is 0.150. The van der Waals surface area contributed by atoms with Crippen molar-refractivity contribution in [3.63, 3.8) is 0 Å². The molecule has 0 aromatic carbocycles. The maximum absolute atomic E-state index is 10.8. The number of aromatic nitrogens is 3. The first-order valence-corrected chi connectivity index (χ1v) is 3.53. The summed E-state index contributed by atoms with van der Waals surface area (Å²) in [6, 6.07) is 0. The zero-order valence-electron chi connectivity index (χ0n) is 6.65. The Bertz CT molecular complexity index is 266. The third-order valence-corrected chi connectivity index (χ3v) is 1.10. The van der Waals surface area contributed by atoms with Gasteiger partial charge in [0, 0.05) is 6.08 Å². The molecule has 12 heavy (non-hydrogen) atoms. The topological polar surface area (TPSA) is 67.9 Å². The molecule has 0 unspecified atom stereocenters. The molecule has 1 aromatic heterocycles. The molecule has 0 aliphatic heterocycles. The highest BCUT2D eigenvalue weighted by atomic mass is 16.5. The van der Waals surface area contributed by atoms with Crippen LogP contribution in [0.15, 0.2) is 12.4 Å². The Hall–Kier alpha value is -1.65. The van der Waals surface area contributed by atoms with Gasteiger partial charge in [-0.15, -0.1) is 0 Å². The molecule has 1 N–H and O–H groups in total. The highest BCUT2D eigenvalue weighted by Crippen LogP contribution is 1.90.